The van der Waals surface area contributed by atoms with Gasteiger partial charge in [0.25, 0.3) is 0 Å². The number of likely N-dealkylation sites (N-methyl/N-ethyl adjacent to an activating group) is 1. The van der Waals surface area contributed by atoms with E-state index in [1.807, 2.05) is 0 Å². The first-order valence-electron chi connectivity index (χ1n) is 8.02. The highest BCUT2D eigenvalue weighted by Crippen LogP contribution is 2.48. The number of hydrogen-bond donors (Lipinski definition) is 2. The number of hydrogen-bond acceptors (Lipinski definition) is 6. The van der Waals surface area contributed by atoms with Crippen molar-refractivity contribution in [1.29, 1.82) is 0 Å². The molecule has 6 nitrogen and oxygen atoms in total. The lowest BCUT2D eigenvalue weighted by Crippen LogP contribution is -2.50. The van der Waals surface area contributed by atoms with Gasteiger partial charge in [0.05, 0.1) is 6.61 Å². The fourth-order valence-corrected chi connectivity index (χ4v) is 4.03. The van der Waals surface area contributed by atoms with Gasteiger partial charge in [-0.05, 0) is 12.6 Å². The molecule has 6 heteroatoms. The molecule has 23 heavy (non-hydrogen) atoms. The van der Waals surface area contributed by atoms with Crippen LogP contribution in [-0.2, 0) is 19.9 Å². The molecule has 1 aromatic rings. The molecule has 0 radical (unpaired) electrons. The van der Waals surface area contributed by atoms with Crippen LogP contribution in [0.25, 0.3) is 0 Å². The number of fused-ring (bicyclic) bond motifs is 5. The Morgan fingerprint density at radius 3 is 2.48 bits per heavy atom. The molecule has 0 aliphatic carbocycles. The minimum atomic E-state index is -2.01. The maximum absolute atomic E-state index is 12.5. The number of carbonyl (C=O) groups excluding carboxylic acids is 1. The quantitative estimate of drug-likeness (QED) is 0.601. The van der Waals surface area contributed by atoms with Gasteiger partial charge < -0.3 is 19.7 Å². The first-order chi connectivity index (χ1) is 11.0. The normalized spacial score (nSPS) is 37.8. The van der Waals surface area contributed by atoms with E-state index in [0.29, 0.717) is 18.4 Å². The van der Waals surface area contributed by atoms with E-state index in [0.717, 1.165) is 0 Å². The maximum atomic E-state index is 12.5. The van der Waals surface area contributed by atoms with Crippen molar-refractivity contribution in [2.45, 2.75) is 48.8 Å². The maximum Gasteiger partial charge on any atom is 0.345 e. The van der Waals surface area contributed by atoms with Crippen LogP contribution in [0.5, 0.6) is 0 Å². The Bertz CT molecular complexity index is 590. The molecule has 0 saturated carbocycles. The highest BCUT2D eigenvalue weighted by atomic mass is 16.6. The van der Waals surface area contributed by atoms with Crippen LogP contribution in [0.3, 0.4) is 0 Å². The highest BCUT2D eigenvalue weighted by Gasteiger charge is 2.63. The Morgan fingerprint density at radius 2 is 1.91 bits per heavy atom. The minimum absolute atomic E-state index is 0.244. The number of rotatable bonds is 4. The van der Waals surface area contributed by atoms with E-state index in [1.54, 1.807) is 30.3 Å². The van der Waals surface area contributed by atoms with Gasteiger partial charge in [-0.3, -0.25) is 4.90 Å². The Labute approximate surface area is 134 Å². The third-order valence-electron chi connectivity index (χ3n) is 5.47. The molecule has 0 amide bonds. The molecule has 3 aliphatic rings. The van der Waals surface area contributed by atoms with Crippen LogP contribution in [0.1, 0.15) is 18.4 Å². The monoisotopic (exact) mass is 319 g/mol. The molecule has 2 N–H and O–H groups in total. The topological polar surface area (TPSA) is 82.5 Å². The molecular weight excluding hydrogens is 298 g/mol. The molecule has 6 atom stereocenters. The van der Waals surface area contributed by atoms with E-state index >= 15 is 0 Å². The number of piperidine rings is 1. The third kappa shape index (κ3) is 2.29. The summed E-state index contributed by atoms with van der Waals surface area (Å²) < 4.78 is 11.2. The van der Waals surface area contributed by atoms with Crippen molar-refractivity contribution in [1.82, 2.24) is 4.90 Å². The van der Waals surface area contributed by atoms with Crippen LogP contribution in [0.2, 0.25) is 0 Å². The molecule has 1 unspecified atom stereocenters. The van der Waals surface area contributed by atoms with E-state index in [1.165, 1.54) is 0 Å². The molecule has 124 valence electrons. The van der Waals surface area contributed by atoms with E-state index in [2.05, 4.69) is 11.9 Å². The number of aliphatic hydroxyl groups is 2. The Hall–Kier alpha value is -1.47. The van der Waals surface area contributed by atoms with Crippen LogP contribution in [-0.4, -0.2) is 65.1 Å². The van der Waals surface area contributed by atoms with Gasteiger partial charge in [-0.2, -0.15) is 0 Å². The van der Waals surface area contributed by atoms with Gasteiger partial charge in [-0.25, -0.2) is 4.79 Å². The molecule has 2 bridgehead atoms. The molecule has 1 aromatic carbocycles. The summed E-state index contributed by atoms with van der Waals surface area (Å²) in [4.78, 5) is 14.8. The number of carbonyl (C=O) groups is 1. The molecule has 3 heterocycles. The van der Waals surface area contributed by atoms with Crippen LogP contribution >= 0.6 is 0 Å². The summed E-state index contributed by atoms with van der Waals surface area (Å²) >= 11 is 0. The summed E-state index contributed by atoms with van der Waals surface area (Å²) in [6.07, 6.45) is 1.69. The summed E-state index contributed by atoms with van der Waals surface area (Å²) in [5.41, 5.74) is -1.67. The molecule has 3 saturated heterocycles. The SMILES string of the molecule is CN1[C@@H]2CC(OC(=O)[C@](O)(CO)c3ccccc3)C[C@H]1[C@@H]1O[C@@H]12. The number of morpholine rings is 1. The van der Waals surface area contributed by atoms with Crippen molar-refractivity contribution >= 4 is 5.97 Å². The van der Waals surface area contributed by atoms with Crippen LogP contribution < -0.4 is 0 Å². The van der Waals surface area contributed by atoms with Crippen LogP contribution in [0.15, 0.2) is 30.3 Å². The average Bonchev–Trinajstić information content (AvgIpc) is 3.33. The molecule has 4 rings (SSSR count). The van der Waals surface area contributed by atoms with Gasteiger partial charge in [0.15, 0.2) is 0 Å². The summed E-state index contributed by atoms with van der Waals surface area (Å²) in [6.45, 7) is -0.705. The van der Waals surface area contributed by atoms with Gasteiger partial charge in [0.2, 0.25) is 5.60 Å². The van der Waals surface area contributed by atoms with Crippen molar-refractivity contribution in [3.05, 3.63) is 35.9 Å². The largest absolute Gasteiger partial charge is 0.460 e. The molecule has 3 aliphatic heterocycles. The number of epoxide rings is 1. The van der Waals surface area contributed by atoms with Gasteiger partial charge >= 0.3 is 5.97 Å². The fraction of sp³-hybridized carbons (Fsp3) is 0.588. The number of ether oxygens (including phenoxy) is 2. The summed E-state index contributed by atoms with van der Waals surface area (Å²) in [5.74, 6) is -0.783. The predicted octanol–water partition coefficient (Wildman–Crippen LogP) is 0.0221. The van der Waals surface area contributed by atoms with Gasteiger partial charge in [0.1, 0.15) is 18.3 Å². The van der Waals surface area contributed by atoms with E-state index in [4.69, 9.17) is 9.47 Å². The number of esters is 1. The van der Waals surface area contributed by atoms with Crippen LogP contribution in [0.4, 0.5) is 0 Å². The smallest absolute Gasteiger partial charge is 0.345 e. The second-order valence-electron chi connectivity index (χ2n) is 6.75. The van der Waals surface area contributed by atoms with Crippen molar-refractivity contribution in [3.63, 3.8) is 0 Å². The standard InChI is InChI=1S/C17H21NO5/c1-18-12-7-11(8-13(18)15-14(12)23-15)22-16(20)17(21,9-19)10-5-3-2-4-6-10/h2-6,11-15,19,21H,7-9H2,1H3/t11?,12-,13+,14-,15+,17-/m0/s1. The summed E-state index contributed by atoms with van der Waals surface area (Å²) in [7, 11) is 2.08. The zero-order valence-corrected chi connectivity index (χ0v) is 13.0. The van der Waals surface area contributed by atoms with Crippen molar-refractivity contribution in [3.8, 4) is 0 Å². The molecule has 0 aromatic heterocycles. The lowest BCUT2D eigenvalue weighted by atomic mass is 9.94. The lowest BCUT2D eigenvalue weighted by molar-refractivity contribution is -0.181. The van der Waals surface area contributed by atoms with Gasteiger partial charge in [-0.15, -0.1) is 0 Å². The zero-order valence-electron chi connectivity index (χ0n) is 13.0. The second kappa shape index (κ2) is 5.27. The predicted molar refractivity (Wildman–Crippen MR) is 80.5 cm³/mol. The average molecular weight is 319 g/mol. The first kappa shape index (κ1) is 15.1. The van der Waals surface area contributed by atoms with E-state index < -0.39 is 18.2 Å². The Balaban J connectivity index is 1.47. The number of aliphatic hydroxyl groups excluding tert-OH is 1. The van der Waals surface area contributed by atoms with Gasteiger partial charge in [0, 0.05) is 24.9 Å². The van der Waals surface area contributed by atoms with Gasteiger partial charge in [-0.1, -0.05) is 30.3 Å². The summed E-state index contributed by atoms with van der Waals surface area (Å²) in [5, 5.41) is 20.2. The third-order valence-corrected chi connectivity index (χ3v) is 5.47. The number of nitrogens with zero attached hydrogens (tertiary/aromatic N) is 1. The first-order valence-corrected chi connectivity index (χ1v) is 8.02. The van der Waals surface area contributed by atoms with Crippen LogP contribution in [0, 0.1) is 0 Å². The second-order valence-corrected chi connectivity index (χ2v) is 6.75. The van der Waals surface area contributed by atoms with Crippen molar-refractivity contribution in [2.24, 2.45) is 0 Å². The number of benzene rings is 1. The lowest BCUT2D eigenvalue weighted by Gasteiger charge is -2.38. The Kier molecular flexibility index (Phi) is 3.46. The Morgan fingerprint density at radius 1 is 1.30 bits per heavy atom. The summed E-state index contributed by atoms with van der Waals surface area (Å²) in [6, 6.07) is 8.98. The molecule has 0 spiro atoms. The minimum Gasteiger partial charge on any atom is -0.460 e. The zero-order chi connectivity index (χ0) is 16.2. The highest BCUT2D eigenvalue weighted by molar-refractivity contribution is 5.81. The fourth-order valence-electron chi connectivity index (χ4n) is 4.03. The van der Waals surface area contributed by atoms with Crippen molar-refractivity contribution < 1.29 is 24.5 Å². The molecular formula is C17H21NO5. The van der Waals surface area contributed by atoms with Crippen molar-refractivity contribution in [2.75, 3.05) is 13.7 Å². The molecule has 3 fully saturated rings. The van der Waals surface area contributed by atoms with E-state index in [-0.39, 0.29) is 30.4 Å². The van der Waals surface area contributed by atoms with E-state index in [9.17, 15) is 15.0 Å².